The summed E-state index contributed by atoms with van der Waals surface area (Å²) in [6, 6.07) is 15.0. The predicted molar refractivity (Wildman–Crippen MR) is 103 cm³/mol. The van der Waals surface area contributed by atoms with Crippen LogP contribution in [0.15, 0.2) is 48.5 Å². The summed E-state index contributed by atoms with van der Waals surface area (Å²) in [5, 5.41) is 5.50. The molecule has 2 aromatic rings. The van der Waals surface area contributed by atoms with Crippen molar-refractivity contribution in [2.24, 2.45) is 0 Å². The minimum Gasteiger partial charge on any atom is -0.332 e. The van der Waals surface area contributed by atoms with E-state index in [-0.39, 0.29) is 24.4 Å². The lowest BCUT2D eigenvalue weighted by molar-refractivity contribution is -0.682. The summed E-state index contributed by atoms with van der Waals surface area (Å²) >= 11 is 6.25. The number of carbonyl (C=O) groups excluding carboxylic acids is 2. The van der Waals surface area contributed by atoms with Gasteiger partial charge in [-0.3, -0.25) is 14.5 Å². The molecule has 0 aliphatic carbocycles. The van der Waals surface area contributed by atoms with Gasteiger partial charge in [0.05, 0.1) is 11.4 Å². The summed E-state index contributed by atoms with van der Waals surface area (Å²) in [4.78, 5) is 27.1. The molecule has 0 aromatic heterocycles. The third-order valence-electron chi connectivity index (χ3n) is 4.80. The molecule has 0 radical (unpaired) electrons. The maximum Gasteiger partial charge on any atom is 0.283 e. The third kappa shape index (κ3) is 3.32. The summed E-state index contributed by atoms with van der Waals surface area (Å²) in [6.07, 6.45) is 0. The zero-order chi connectivity index (χ0) is 18.9. The van der Waals surface area contributed by atoms with Crippen LogP contribution in [0.4, 0.5) is 11.4 Å². The Labute approximate surface area is 158 Å². The van der Waals surface area contributed by atoms with E-state index < -0.39 is 5.54 Å². The molecule has 0 unspecified atom stereocenters. The minimum atomic E-state index is -0.951. The second-order valence-corrected chi connectivity index (χ2v) is 7.42. The molecule has 1 heterocycles. The lowest BCUT2D eigenvalue weighted by atomic mass is 9.96. The topological polar surface area (TPSA) is 66.0 Å². The van der Waals surface area contributed by atoms with Crippen LogP contribution in [0.5, 0.6) is 0 Å². The van der Waals surface area contributed by atoms with Crippen LogP contribution in [0.1, 0.15) is 32.4 Å². The lowest BCUT2D eigenvalue weighted by Crippen LogP contribution is -2.87. The van der Waals surface area contributed by atoms with Crippen molar-refractivity contribution in [1.29, 1.82) is 0 Å². The van der Waals surface area contributed by atoms with E-state index in [1.165, 1.54) is 0 Å². The maximum absolute atomic E-state index is 13.0. The fourth-order valence-electron chi connectivity index (χ4n) is 3.24. The average Bonchev–Trinajstić information content (AvgIpc) is 2.60. The first-order chi connectivity index (χ1) is 12.3. The van der Waals surface area contributed by atoms with E-state index in [1.807, 2.05) is 54.7 Å². The molecule has 0 fully saturated rings. The number of amides is 2. The van der Waals surface area contributed by atoms with Crippen LogP contribution in [-0.4, -0.2) is 23.9 Å². The first kappa shape index (κ1) is 18.4. The van der Waals surface area contributed by atoms with Gasteiger partial charge >= 0.3 is 0 Å². The van der Waals surface area contributed by atoms with Crippen LogP contribution in [0.25, 0.3) is 0 Å². The molecular weight excluding hydrogens is 350 g/mol. The number of anilines is 2. The van der Waals surface area contributed by atoms with Gasteiger partial charge in [0.25, 0.3) is 5.91 Å². The van der Waals surface area contributed by atoms with Crippen molar-refractivity contribution in [2.45, 2.75) is 32.4 Å². The lowest BCUT2D eigenvalue weighted by Gasteiger charge is -2.41. The Morgan fingerprint density at radius 1 is 1.19 bits per heavy atom. The van der Waals surface area contributed by atoms with Crippen LogP contribution in [-0.2, 0) is 9.59 Å². The Bertz CT molecular complexity index is 850. The molecule has 0 saturated heterocycles. The molecule has 1 aliphatic rings. The van der Waals surface area contributed by atoms with E-state index in [2.05, 4.69) is 5.32 Å². The fraction of sp³-hybridized carbons (Fsp3) is 0.300. The van der Waals surface area contributed by atoms with Crippen LogP contribution < -0.4 is 15.5 Å². The number of quaternary nitrogens is 1. The molecule has 1 aliphatic heterocycles. The fourth-order valence-corrected chi connectivity index (χ4v) is 3.55. The van der Waals surface area contributed by atoms with E-state index in [0.29, 0.717) is 10.7 Å². The smallest absolute Gasteiger partial charge is 0.283 e. The van der Waals surface area contributed by atoms with Gasteiger partial charge in [0.15, 0.2) is 6.54 Å². The van der Waals surface area contributed by atoms with Crippen LogP contribution >= 0.6 is 11.6 Å². The van der Waals surface area contributed by atoms with Gasteiger partial charge in [0, 0.05) is 10.6 Å². The van der Waals surface area contributed by atoms with E-state index in [1.54, 1.807) is 24.8 Å². The van der Waals surface area contributed by atoms with Crippen LogP contribution in [0.2, 0.25) is 5.02 Å². The molecule has 2 aromatic carbocycles. The largest absolute Gasteiger partial charge is 0.332 e. The van der Waals surface area contributed by atoms with Crippen molar-refractivity contribution in [1.82, 2.24) is 0 Å². The summed E-state index contributed by atoms with van der Waals surface area (Å²) in [7, 11) is 0. The molecule has 0 spiro atoms. The zero-order valence-corrected chi connectivity index (χ0v) is 15.9. The average molecular weight is 373 g/mol. The highest BCUT2D eigenvalue weighted by molar-refractivity contribution is 6.31. The number of hydrogen-bond donors (Lipinski definition) is 2. The molecule has 3 N–H and O–H groups in total. The van der Waals surface area contributed by atoms with Crippen molar-refractivity contribution in [3.05, 3.63) is 59.1 Å². The third-order valence-corrected chi connectivity index (χ3v) is 5.14. The number of carbonyl (C=O) groups is 2. The standard InChI is InChI=1S/C20H22ClN3O2/c1-13(14-8-4-5-9-15(14)21)22-12-18(25)24-17-11-7-6-10-16(17)23-19(26)20(24,2)3/h4-11,13,22H,12H2,1-3H3,(H,23,26)/p+1/t13-/m0/s1. The van der Waals surface area contributed by atoms with Gasteiger partial charge in [-0.15, -0.1) is 0 Å². The second-order valence-electron chi connectivity index (χ2n) is 7.01. The van der Waals surface area contributed by atoms with Crippen molar-refractivity contribution in [3.8, 4) is 0 Å². The minimum absolute atomic E-state index is 0.0321. The van der Waals surface area contributed by atoms with Crippen molar-refractivity contribution in [2.75, 3.05) is 16.8 Å². The Morgan fingerprint density at radius 3 is 2.58 bits per heavy atom. The Kier molecular flexibility index (Phi) is 5.03. The monoisotopic (exact) mass is 372 g/mol. The van der Waals surface area contributed by atoms with Crippen molar-refractivity contribution in [3.63, 3.8) is 0 Å². The quantitative estimate of drug-likeness (QED) is 0.866. The SMILES string of the molecule is C[C@H]([NH2+]CC(=O)N1c2ccccc2NC(=O)C1(C)C)c1ccccc1Cl. The highest BCUT2D eigenvalue weighted by atomic mass is 35.5. The van der Waals surface area contributed by atoms with Gasteiger partial charge < -0.3 is 10.6 Å². The van der Waals surface area contributed by atoms with E-state index in [0.717, 1.165) is 11.3 Å². The second kappa shape index (κ2) is 7.09. The zero-order valence-electron chi connectivity index (χ0n) is 15.1. The molecule has 2 amide bonds. The number of nitrogens with one attached hydrogen (secondary N) is 1. The highest BCUT2D eigenvalue weighted by Gasteiger charge is 2.43. The molecule has 0 saturated carbocycles. The summed E-state index contributed by atoms with van der Waals surface area (Å²) in [5.74, 6) is -0.306. The Hall–Kier alpha value is -2.37. The van der Waals surface area contributed by atoms with Gasteiger partial charge in [-0.1, -0.05) is 41.9 Å². The maximum atomic E-state index is 13.0. The molecule has 6 heteroatoms. The number of nitrogens with two attached hydrogens (primary N) is 1. The van der Waals surface area contributed by atoms with Crippen molar-refractivity contribution >= 4 is 34.8 Å². The molecule has 3 rings (SSSR count). The van der Waals surface area contributed by atoms with Gasteiger partial charge in [-0.05, 0) is 39.0 Å². The number of rotatable bonds is 4. The van der Waals surface area contributed by atoms with Gasteiger partial charge in [-0.25, -0.2) is 0 Å². The highest BCUT2D eigenvalue weighted by Crippen LogP contribution is 2.36. The van der Waals surface area contributed by atoms with Crippen LogP contribution in [0, 0.1) is 0 Å². The number of nitrogens with zero attached hydrogens (tertiary/aromatic N) is 1. The first-order valence-electron chi connectivity index (χ1n) is 8.63. The van der Waals surface area contributed by atoms with E-state index in [4.69, 9.17) is 11.6 Å². The molecule has 1 atom stereocenters. The van der Waals surface area contributed by atoms with Gasteiger partial charge in [0.1, 0.15) is 11.6 Å². The Balaban J connectivity index is 1.80. The number of halogens is 1. The number of fused-ring (bicyclic) bond motifs is 1. The number of hydrogen-bond acceptors (Lipinski definition) is 2. The normalized spacial score (nSPS) is 16.6. The predicted octanol–water partition coefficient (Wildman–Crippen LogP) is 2.73. The molecular formula is C20H23ClN3O2+. The molecule has 5 nitrogen and oxygen atoms in total. The summed E-state index contributed by atoms with van der Waals surface area (Å²) < 4.78 is 0. The molecule has 26 heavy (non-hydrogen) atoms. The first-order valence-corrected chi connectivity index (χ1v) is 9.01. The molecule has 0 bridgehead atoms. The Morgan fingerprint density at radius 2 is 1.85 bits per heavy atom. The van der Waals surface area contributed by atoms with Gasteiger partial charge in [-0.2, -0.15) is 0 Å². The van der Waals surface area contributed by atoms with Crippen LogP contribution in [0.3, 0.4) is 0 Å². The van der Waals surface area contributed by atoms with E-state index in [9.17, 15) is 9.59 Å². The molecule has 136 valence electrons. The summed E-state index contributed by atoms with van der Waals surface area (Å²) in [5.41, 5.74) is 1.41. The van der Waals surface area contributed by atoms with E-state index >= 15 is 0 Å². The van der Waals surface area contributed by atoms with Gasteiger partial charge in [0.2, 0.25) is 5.91 Å². The number of benzene rings is 2. The summed E-state index contributed by atoms with van der Waals surface area (Å²) in [6.45, 7) is 5.75. The number of para-hydroxylation sites is 2. The van der Waals surface area contributed by atoms with Crippen molar-refractivity contribution < 1.29 is 14.9 Å².